The van der Waals surface area contributed by atoms with Gasteiger partial charge < -0.3 is 0 Å². The molecule has 3 nitrogen and oxygen atoms in total. The number of fused-ring (bicyclic) bond motifs is 1. The molecule has 90 valence electrons. The summed E-state index contributed by atoms with van der Waals surface area (Å²) in [6.45, 7) is 10.1. The lowest BCUT2D eigenvalue weighted by molar-refractivity contribution is 0.0925. The molecule has 0 aliphatic carbocycles. The smallest absolute Gasteiger partial charge is 0.0672 e. The molecule has 0 spiro atoms. The van der Waals surface area contributed by atoms with Gasteiger partial charge in [0.1, 0.15) is 0 Å². The van der Waals surface area contributed by atoms with Gasteiger partial charge in [0.15, 0.2) is 0 Å². The van der Waals surface area contributed by atoms with Crippen molar-refractivity contribution in [1.29, 1.82) is 5.26 Å². The van der Waals surface area contributed by atoms with Crippen molar-refractivity contribution in [2.45, 2.75) is 32.7 Å². The number of hydrogen-bond donors (Lipinski definition) is 0. The average molecular weight is 221 g/mol. The molecule has 2 rings (SSSR count). The molecule has 0 amide bonds. The molecular formula is C13H23N3. The van der Waals surface area contributed by atoms with Crippen LogP contribution in [0, 0.1) is 23.2 Å². The predicted molar refractivity (Wildman–Crippen MR) is 65.0 cm³/mol. The highest BCUT2D eigenvalue weighted by Crippen LogP contribution is 2.22. The molecule has 2 aliphatic rings. The highest BCUT2D eigenvalue weighted by molar-refractivity contribution is 4.92. The van der Waals surface area contributed by atoms with Gasteiger partial charge in [-0.25, -0.2) is 0 Å². The van der Waals surface area contributed by atoms with Crippen LogP contribution < -0.4 is 0 Å². The second kappa shape index (κ2) is 5.16. The number of nitriles is 1. The highest BCUT2D eigenvalue weighted by Gasteiger charge is 2.31. The Morgan fingerprint density at radius 2 is 2.12 bits per heavy atom. The Morgan fingerprint density at radius 3 is 2.81 bits per heavy atom. The summed E-state index contributed by atoms with van der Waals surface area (Å²) in [4.78, 5) is 5.12. The predicted octanol–water partition coefficient (Wildman–Crippen LogP) is 1.56. The first-order chi connectivity index (χ1) is 7.70. The second-order valence-corrected chi connectivity index (χ2v) is 5.57. The second-order valence-electron chi connectivity index (χ2n) is 5.57. The maximum Gasteiger partial charge on any atom is 0.0672 e. The van der Waals surface area contributed by atoms with E-state index in [4.69, 9.17) is 5.26 Å². The molecule has 2 fully saturated rings. The molecule has 2 heterocycles. The number of nitrogens with zero attached hydrogens (tertiary/aromatic N) is 3. The largest absolute Gasteiger partial charge is 0.299 e. The van der Waals surface area contributed by atoms with Crippen molar-refractivity contribution in [3.63, 3.8) is 0 Å². The van der Waals surface area contributed by atoms with Crippen LogP contribution >= 0.6 is 0 Å². The molecule has 2 atom stereocenters. The molecule has 0 aromatic carbocycles. The Labute approximate surface area is 99.0 Å². The van der Waals surface area contributed by atoms with E-state index in [2.05, 4.69) is 29.7 Å². The van der Waals surface area contributed by atoms with E-state index in [0.29, 0.717) is 5.92 Å². The van der Waals surface area contributed by atoms with Gasteiger partial charge in [0.2, 0.25) is 0 Å². The molecule has 2 unspecified atom stereocenters. The van der Waals surface area contributed by atoms with Crippen LogP contribution in [0.4, 0.5) is 0 Å². The molecule has 0 aromatic rings. The van der Waals surface area contributed by atoms with Crippen molar-refractivity contribution in [1.82, 2.24) is 9.80 Å². The van der Waals surface area contributed by atoms with Gasteiger partial charge in [-0.1, -0.05) is 13.8 Å². The summed E-state index contributed by atoms with van der Waals surface area (Å²) in [6, 6.07) is 3.23. The number of piperazine rings is 1. The lowest BCUT2D eigenvalue weighted by Gasteiger charge is -2.38. The third-order valence-electron chi connectivity index (χ3n) is 4.10. The van der Waals surface area contributed by atoms with E-state index in [1.54, 1.807) is 0 Å². The van der Waals surface area contributed by atoms with E-state index < -0.39 is 0 Å². The van der Waals surface area contributed by atoms with E-state index in [1.165, 1.54) is 32.5 Å². The molecule has 0 aromatic heterocycles. The molecule has 0 radical (unpaired) electrons. The van der Waals surface area contributed by atoms with Crippen molar-refractivity contribution in [2.24, 2.45) is 11.8 Å². The molecule has 3 heteroatoms. The molecular weight excluding hydrogens is 198 g/mol. The highest BCUT2D eigenvalue weighted by atomic mass is 15.3. The van der Waals surface area contributed by atoms with Crippen LogP contribution in [0.1, 0.15) is 26.7 Å². The quantitative estimate of drug-likeness (QED) is 0.724. The maximum atomic E-state index is 9.13. The van der Waals surface area contributed by atoms with Crippen LogP contribution in [0.2, 0.25) is 0 Å². The minimum Gasteiger partial charge on any atom is -0.299 e. The Hall–Kier alpha value is -0.590. The third-order valence-corrected chi connectivity index (χ3v) is 4.10. The molecule has 0 N–H and O–H groups in total. The van der Waals surface area contributed by atoms with E-state index in [1.807, 2.05) is 0 Å². The van der Waals surface area contributed by atoms with Gasteiger partial charge in [0.05, 0.1) is 12.0 Å². The van der Waals surface area contributed by atoms with E-state index in [0.717, 1.165) is 19.1 Å². The first kappa shape index (κ1) is 11.9. The van der Waals surface area contributed by atoms with Crippen molar-refractivity contribution in [2.75, 3.05) is 32.7 Å². The fourth-order valence-electron chi connectivity index (χ4n) is 2.90. The van der Waals surface area contributed by atoms with Crippen LogP contribution in [-0.2, 0) is 0 Å². The zero-order valence-electron chi connectivity index (χ0n) is 10.5. The molecule has 2 aliphatic heterocycles. The Bertz CT molecular complexity index is 269. The van der Waals surface area contributed by atoms with Crippen molar-refractivity contribution in [3.8, 4) is 6.07 Å². The lowest BCUT2D eigenvalue weighted by atomic mass is 9.96. The van der Waals surface area contributed by atoms with Gasteiger partial charge in [-0.2, -0.15) is 5.26 Å². The summed E-state index contributed by atoms with van der Waals surface area (Å²) in [6.07, 6.45) is 2.72. The zero-order valence-corrected chi connectivity index (χ0v) is 10.5. The number of rotatable bonds is 3. The summed E-state index contributed by atoms with van der Waals surface area (Å²) in [7, 11) is 0. The lowest BCUT2D eigenvalue weighted by Crippen LogP contribution is -2.51. The summed E-state index contributed by atoms with van der Waals surface area (Å²) < 4.78 is 0. The maximum absolute atomic E-state index is 9.13. The van der Waals surface area contributed by atoms with Crippen LogP contribution in [-0.4, -0.2) is 48.6 Å². The minimum absolute atomic E-state index is 0.202. The summed E-state index contributed by atoms with van der Waals surface area (Å²) in [5.74, 6) is 0.680. The van der Waals surface area contributed by atoms with E-state index in [9.17, 15) is 0 Å². The summed E-state index contributed by atoms with van der Waals surface area (Å²) in [5, 5.41) is 9.13. The van der Waals surface area contributed by atoms with Gasteiger partial charge in [-0.3, -0.25) is 9.80 Å². The van der Waals surface area contributed by atoms with Gasteiger partial charge >= 0.3 is 0 Å². The Kier molecular flexibility index (Phi) is 3.83. The standard InChI is InChI=1S/C13H23N3/c1-11(2)12(8-14)9-15-6-7-16-5-3-4-13(16)10-15/h11-13H,3-7,9-10H2,1-2H3. The molecule has 2 saturated heterocycles. The summed E-state index contributed by atoms with van der Waals surface area (Å²) in [5.41, 5.74) is 0. The minimum atomic E-state index is 0.202. The van der Waals surface area contributed by atoms with Gasteiger partial charge in [-0.05, 0) is 25.3 Å². The fraction of sp³-hybridized carbons (Fsp3) is 0.923. The van der Waals surface area contributed by atoms with Crippen LogP contribution in [0.25, 0.3) is 0 Å². The van der Waals surface area contributed by atoms with Gasteiger partial charge in [0.25, 0.3) is 0 Å². The molecule has 0 saturated carbocycles. The van der Waals surface area contributed by atoms with E-state index in [-0.39, 0.29) is 5.92 Å². The van der Waals surface area contributed by atoms with Crippen molar-refractivity contribution < 1.29 is 0 Å². The van der Waals surface area contributed by atoms with Crippen LogP contribution in [0.3, 0.4) is 0 Å². The van der Waals surface area contributed by atoms with Crippen LogP contribution in [0.15, 0.2) is 0 Å². The SMILES string of the molecule is CC(C)C(C#N)CN1CCN2CCCC2C1. The van der Waals surface area contributed by atoms with Gasteiger partial charge in [0, 0.05) is 32.2 Å². The average Bonchev–Trinajstić information content (AvgIpc) is 2.72. The third kappa shape index (κ3) is 2.56. The summed E-state index contributed by atoms with van der Waals surface area (Å²) >= 11 is 0. The van der Waals surface area contributed by atoms with Crippen molar-refractivity contribution >= 4 is 0 Å². The Balaban J connectivity index is 1.85. The Morgan fingerprint density at radius 1 is 1.31 bits per heavy atom. The van der Waals surface area contributed by atoms with Crippen LogP contribution in [0.5, 0.6) is 0 Å². The monoisotopic (exact) mass is 221 g/mol. The number of hydrogen-bond acceptors (Lipinski definition) is 3. The van der Waals surface area contributed by atoms with Crippen molar-refractivity contribution in [3.05, 3.63) is 0 Å². The molecule has 16 heavy (non-hydrogen) atoms. The normalized spacial score (nSPS) is 29.0. The first-order valence-corrected chi connectivity index (χ1v) is 6.56. The van der Waals surface area contributed by atoms with E-state index >= 15 is 0 Å². The zero-order chi connectivity index (χ0) is 11.5. The molecule has 0 bridgehead atoms. The van der Waals surface area contributed by atoms with Gasteiger partial charge in [-0.15, -0.1) is 0 Å². The first-order valence-electron chi connectivity index (χ1n) is 6.56. The fourth-order valence-corrected chi connectivity index (χ4v) is 2.90. The topological polar surface area (TPSA) is 30.3 Å².